The lowest BCUT2D eigenvalue weighted by molar-refractivity contribution is -0.126. The predicted octanol–water partition coefficient (Wildman–Crippen LogP) is 2.85. The van der Waals surface area contributed by atoms with E-state index in [4.69, 9.17) is 0 Å². The van der Waals surface area contributed by atoms with Crippen LogP contribution in [-0.4, -0.2) is 11.8 Å². The molecule has 0 radical (unpaired) electrons. The Balaban J connectivity index is 1.69. The molecule has 0 spiro atoms. The molecule has 1 fully saturated rings. The van der Waals surface area contributed by atoms with Crippen molar-refractivity contribution in [3.63, 3.8) is 0 Å². The maximum absolute atomic E-state index is 12.5. The number of nitrogens with one attached hydrogen (secondary N) is 1. The third-order valence-electron chi connectivity index (χ3n) is 4.43. The summed E-state index contributed by atoms with van der Waals surface area (Å²) < 4.78 is 0. The van der Waals surface area contributed by atoms with Crippen molar-refractivity contribution in [3.05, 3.63) is 35.4 Å². The van der Waals surface area contributed by atoms with Crippen LogP contribution in [0.5, 0.6) is 0 Å². The highest BCUT2D eigenvalue weighted by Gasteiger charge is 2.30. The smallest absolute Gasteiger partial charge is 0.153 e. The van der Waals surface area contributed by atoms with Crippen LogP contribution in [0.25, 0.3) is 0 Å². The number of hydrogen-bond acceptors (Lipinski definition) is 2. The SMILES string of the molecule is O=C(C1CCCCC1)C1Cc2ccccc2CN1. The molecule has 3 rings (SSSR count). The third kappa shape index (κ3) is 2.35. The van der Waals surface area contributed by atoms with Crippen LogP contribution in [0.2, 0.25) is 0 Å². The number of rotatable bonds is 2. The van der Waals surface area contributed by atoms with Gasteiger partial charge in [0.05, 0.1) is 6.04 Å². The van der Waals surface area contributed by atoms with Crippen LogP contribution in [0.15, 0.2) is 24.3 Å². The van der Waals surface area contributed by atoms with Crippen LogP contribution in [0, 0.1) is 5.92 Å². The number of ketones is 1. The van der Waals surface area contributed by atoms with Gasteiger partial charge in [-0.3, -0.25) is 4.79 Å². The van der Waals surface area contributed by atoms with E-state index in [9.17, 15) is 4.79 Å². The normalized spacial score (nSPS) is 24.6. The molecule has 0 bridgehead atoms. The summed E-state index contributed by atoms with van der Waals surface area (Å²) >= 11 is 0. The molecule has 0 saturated heterocycles. The Morgan fingerprint density at radius 2 is 1.78 bits per heavy atom. The largest absolute Gasteiger partial charge is 0.303 e. The van der Waals surface area contributed by atoms with Gasteiger partial charge in [0.25, 0.3) is 0 Å². The maximum atomic E-state index is 12.5. The zero-order chi connectivity index (χ0) is 12.4. The summed E-state index contributed by atoms with van der Waals surface area (Å²) in [6, 6.07) is 8.53. The van der Waals surface area contributed by atoms with E-state index in [2.05, 4.69) is 29.6 Å². The molecule has 0 amide bonds. The van der Waals surface area contributed by atoms with Crippen LogP contribution >= 0.6 is 0 Å². The molecule has 1 unspecified atom stereocenters. The van der Waals surface area contributed by atoms with Gasteiger partial charge in [0.2, 0.25) is 0 Å². The Kier molecular flexibility index (Phi) is 3.46. The average Bonchev–Trinajstić information content (AvgIpc) is 2.47. The standard InChI is InChI=1S/C16H21NO/c18-16(12-6-2-1-3-7-12)15-10-13-8-4-5-9-14(13)11-17-15/h4-5,8-9,12,15,17H,1-3,6-7,10-11H2. The molecule has 1 heterocycles. The second-order valence-corrected chi connectivity index (χ2v) is 5.64. The minimum atomic E-state index is 0.0583. The van der Waals surface area contributed by atoms with Crippen molar-refractivity contribution >= 4 is 5.78 Å². The fraction of sp³-hybridized carbons (Fsp3) is 0.562. The van der Waals surface area contributed by atoms with Crippen molar-refractivity contribution in [2.75, 3.05) is 0 Å². The highest BCUT2D eigenvalue weighted by atomic mass is 16.1. The fourth-order valence-electron chi connectivity index (χ4n) is 3.33. The fourth-order valence-corrected chi connectivity index (χ4v) is 3.33. The molecule has 1 N–H and O–H groups in total. The van der Waals surface area contributed by atoms with E-state index < -0.39 is 0 Å². The van der Waals surface area contributed by atoms with Gasteiger partial charge < -0.3 is 5.32 Å². The molecule has 1 aliphatic carbocycles. The summed E-state index contributed by atoms with van der Waals surface area (Å²) in [5, 5.41) is 3.42. The zero-order valence-corrected chi connectivity index (χ0v) is 10.8. The Labute approximate surface area is 109 Å². The number of hydrogen-bond donors (Lipinski definition) is 1. The van der Waals surface area contributed by atoms with Crippen molar-refractivity contribution in [3.8, 4) is 0 Å². The zero-order valence-electron chi connectivity index (χ0n) is 10.8. The van der Waals surface area contributed by atoms with Crippen LogP contribution < -0.4 is 5.32 Å². The minimum Gasteiger partial charge on any atom is -0.303 e. The minimum absolute atomic E-state index is 0.0583. The predicted molar refractivity (Wildman–Crippen MR) is 72.4 cm³/mol. The average molecular weight is 243 g/mol. The van der Waals surface area contributed by atoms with Gasteiger partial charge in [-0.05, 0) is 30.4 Å². The molecular formula is C16H21NO. The first-order chi connectivity index (χ1) is 8.84. The van der Waals surface area contributed by atoms with Crippen molar-refractivity contribution < 1.29 is 4.79 Å². The first-order valence-electron chi connectivity index (χ1n) is 7.18. The summed E-state index contributed by atoms with van der Waals surface area (Å²) in [7, 11) is 0. The molecule has 2 aliphatic rings. The van der Waals surface area contributed by atoms with Crippen molar-refractivity contribution in [2.45, 2.75) is 51.1 Å². The van der Waals surface area contributed by atoms with Gasteiger partial charge >= 0.3 is 0 Å². The van der Waals surface area contributed by atoms with E-state index >= 15 is 0 Å². The second-order valence-electron chi connectivity index (χ2n) is 5.64. The summed E-state index contributed by atoms with van der Waals surface area (Å²) in [6.07, 6.45) is 6.88. The third-order valence-corrected chi connectivity index (χ3v) is 4.43. The van der Waals surface area contributed by atoms with Gasteiger partial charge in [-0.25, -0.2) is 0 Å². The molecule has 1 aliphatic heterocycles. The molecule has 0 aromatic heterocycles. The lowest BCUT2D eigenvalue weighted by Gasteiger charge is -2.29. The summed E-state index contributed by atoms with van der Waals surface area (Å²) in [5.74, 6) is 0.783. The number of carbonyl (C=O) groups excluding carboxylic acids is 1. The Morgan fingerprint density at radius 1 is 1.06 bits per heavy atom. The topological polar surface area (TPSA) is 29.1 Å². The molecule has 1 aromatic carbocycles. The lowest BCUT2D eigenvalue weighted by atomic mass is 9.81. The van der Waals surface area contributed by atoms with E-state index in [0.717, 1.165) is 25.8 Å². The summed E-state index contributed by atoms with van der Waals surface area (Å²) in [5.41, 5.74) is 2.70. The summed E-state index contributed by atoms with van der Waals surface area (Å²) in [6.45, 7) is 0.847. The van der Waals surface area contributed by atoms with E-state index in [1.165, 1.54) is 30.4 Å². The quantitative estimate of drug-likeness (QED) is 0.865. The van der Waals surface area contributed by atoms with Gasteiger partial charge in [0.1, 0.15) is 0 Å². The van der Waals surface area contributed by atoms with Crippen LogP contribution in [0.3, 0.4) is 0 Å². The number of benzene rings is 1. The Morgan fingerprint density at radius 3 is 2.56 bits per heavy atom. The molecule has 1 saturated carbocycles. The highest BCUT2D eigenvalue weighted by Crippen LogP contribution is 2.27. The molecule has 1 atom stereocenters. The lowest BCUT2D eigenvalue weighted by Crippen LogP contribution is -2.44. The number of carbonyl (C=O) groups is 1. The van der Waals surface area contributed by atoms with E-state index in [1.807, 2.05) is 0 Å². The van der Waals surface area contributed by atoms with Gasteiger partial charge in [0, 0.05) is 12.5 Å². The second kappa shape index (κ2) is 5.23. The van der Waals surface area contributed by atoms with Gasteiger partial charge in [0.15, 0.2) is 5.78 Å². The van der Waals surface area contributed by atoms with Crippen LogP contribution in [0.1, 0.15) is 43.2 Å². The van der Waals surface area contributed by atoms with Crippen LogP contribution in [0.4, 0.5) is 0 Å². The number of fused-ring (bicyclic) bond motifs is 1. The van der Waals surface area contributed by atoms with Crippen molar-refractivity contribution in [1.82, 2.24) is 5.32 Å². The van der Waals surface area contributed by atoms with E-state index in [0.29, 0.717) is 11.7 Å². The van der Waals surface area contributed by atoms with E-state index in [-0.39, 0.29) is 6.04 Å². The highest BCUT2D eigenvalue weighted by molar-refractivity contribution is 5.87. The molecule has 1 aromatic rings. The monoisotopic (exact) mass is 243 g/mol. The van der Waals surface area contributed by atoms with Gasteiger partial charge in [-0.2, -0.15) is 0 Å². The van der Waals surface area contributed by atoms with E-state index in [1.54, 1.807) is 0 Å². The Hall–Kier alpha value is -1.15. The van der Waals surface area contributed by atoms with Crippen molar-refractivity contribution in [2.24, 2.45) is 5.92 Å². The van der Waals surface area contributed by atoms with Gasteiger partial charge in [-0.1, -0.05) is 43.5 Å². The maximum Gasteiger partial charge on any atom is 0.153 e. The molecule has 18 heavy (non-hydrogen) atoms. The summed E-state index contributed by atoms with van der Waals surface area (Å²) in [4.78, 5) is 12.5. The molecule has 2 heteroatoms. The number of Topliss-reactive ketones (excluding diaryl/α,β-unsaturated/α-hetero) is 1. The first kappa shape index (κ1) is 11.9. The Bertz CT molecular complexity index is 434. The van der Waals surface area contributed by atoms with Crippen molar-refractivity contribution in [1.29, 1.82) is 0 Å². The molecular weight excluding hydrogens is 222 g/mol. The molecule has 2 nitrogen and oxygen atoms in total. The molecule has 96 valence electrons. The van der Waals surface area contributed by atoms with Crippen LogP contribution in [-0.2, 0) is 17.8 Å². The first-order valence-corrected chi connectivity index (χ1v) is 7.18. The van der Waals surface area contributed by atoms with Gasteiger partial charge in [-0.15, -0.1) is 0 Å².